The van der Waals surface area contributed by atoms with Crippen LogP contribution in [0, 0.1) is 5.41 Å². The monoisotopic (exact) mass is 506 g/mol. The van der Waals surface area contributed by atoms with E-state index in [4.69, 9.17) is 9.47 Å². The zero-order chi connectivity index (χ0) is 24.0. The minimum atomic E-state index is -0.418. The average molecular weight is 507 g/mol. The van der Waals surface area contributed by atoms with Gasteiger partial charge in [0.15, 0.2) is 0 Å². The number of halogens is 1. The van der Waals surface area contributed by atoms with Gasteiger partial charge in [-0.05, 0) is 62.1 Å². The molecule has 0 N–H and O–H groups in total. The molecular formula is C29H31ClN2O4. The summed E-state index contributed by atoms with van der Waals surface area (Å²) in [7, 11) is 0. The Labute approximate surface area is 217 Å². The largest absolute Gasteiger partial charge is 0.458 e. The molecule has 0 unspecified atom stereocenters. The number of fused-ring (bicyclic) bond motifs is 3. The van der Waals surface area contributed by atoms with Crippen molar-refractivity contribution in [3.8, 4) is 0 Å². The number of nitrogens with zero attached hydrogens (tertiary/aromatic N) is 2. The first kappa shape index (κ1) is 24.6. The molecule has 1 fully saturated rings. The normalized spacial score (nSPS) is 22.2. The highest BCUT2D eigenvalue weighted by atomic mass is 35.5. The van der Waals surface area contributed by atoms with Crippen LogP contribution in [0.1, 0.15) is 53.8 Å². The highest BCUT2D eigenvalue weighted by Crippen LogP contribution is 2.57. The van der Waals surface area contributed by atoms with Gasteiger partial charge in [-0.3, -0.25) is 4.90 Å². The van der Waals surface area contributed by atoms with Gasteiger partial charge in [-0.15, -0.1) is 12.4 Å². The first-order valence-corrected chi connectivity index (χ1v) is 12.6. The third kappa shape index (κ3) is 3.84. The average Bonchev–Trinajstić information content (AvgIpc) is 3.25. The summed E-state index contributed by atoms with van der Waals surface area (Å²) >= 11 is 0. The van der Waals surface area contributed by atoms with Crippen molar-refractivity contribution in [1.29, 1.82) is 0 Å². The van der Waals surface area contributed by atoms with Crippen molar-refractivity contribution >= 4 is 40.9 Å². The number of esters is 2. The Balaban J connectivity index is 0.00000267. The summed E-state index contributed by atoms with van der Waals surface area (Å²) in [5, 5.41) is 1.23. The predicted octanol–water partition coefficient (Wildman–Crippen LogP) is 5.41. The second-order valence-electron chi connectivity index (χ2n) is 9.76. The Morgan fingerprint density at radius 2 is 1.69 bits per heavy atom. The fourth-order valence-electron chi connectivity index (χ4n) is 6.43. The van der Waals surface area contributed by atoms with Crippen LogP contribution in [0.4, 0.5) is 0 Å². The zero-order valence-electron chi connectivity index (χ0n) is 20.4. The standard InChI is InChI=1S/C29H30N2O4.ClH/c1-2-29-14-8-15-30-16-13-22-21-11-6-7-12-23(21)31(25(22)26(29)30)24(19-29)28(33)35-18-17-34-27(32)20-9-4-3-5-10-20;/h3-7,9-12,19,26H,2,8,13-18H2,1H3;1H/t26-,29-;/m0./s1. The Hall–Kier alpha value is -3.09. The molecule has 7 heteroatoms. The lowest BCUT2D eigenvalue weighted by molar-refractivity contribution is -0.138. The van der Waals surface area contributed by atoms with Gasteiger partial charge in [0.1, 0.15) is 18.9 Å². The number of aromatic nitrogens is 1. The molecule has 0 saturated carbocycles. The number of piperidine rings is 1. The molecule has 1 saturated heterocycles. The lowest BCUT2D eigenvalue weighted by Crippen LogP contribution is -2.51. The molecule has 0 bridgehead atoms. The lowest BCUT2D eigenvalue weighted by Gasteiger charge is -2.53. The maximum absolute atomic E-state index is 13.5. The van der Waals surface area contributed by atoms with Crippen LogP contribution in [-0.2, 0) is 20.7 Å². The number of para-hydroxylation sites is 1. The smallest absolute Gasteiger partial charge is 0.355 e. The van der Waals surface area contributed by atoms with Gasteiger partial charge in [0, 0.05) is 23.0 Å². The molecule has 1 aromatic heterocycles. The van der Waals surface area contributed by atoms with Gasteiger partial charge >= 0.3 is 11.9 Å². The molecule has 4 heterocycles. The summed E-state index contributed by atoms with van der Waals surface area (Å²) in [6, 6.07) is 17.5. The van der Waals surface area contributed by atoms with Gasteiger partial charge in [-0.2, -0.15) is 0 Å². The zero-order valence-corrected chi connectivity index (χ0v) is 21.3. The molecule has 0 spiro atoms. The summed E-state index contributed by atoms with van der Waals surface area (Å²) in [6.07, 6.45) is 6.36. The van der Waals surface area contributed by atoms with Crippen molar-refractivity contribution in [3.05, 3.63) is 77.5 Å². The second-order valence-corrected chi connectivity index (χ2v) is 9.76. The number of ether oxygens (including phenoxy) is 2. The van der Waals surface area contributed by atoms with Crippen molar-refractivity contribution in [2.75, 3.05) is 26.3 Å². The van der Waals surface area contributed by atoms with Crippen LogP contribution in [0.2, 0.25) is 0 Å². The molecule has 0 aliphatic carbocycles. The molecule has 6 rings (SSSR count). The van der Waals surface area contributed by atoms with Crippen LogP contribution in [0.3, 0.4) is 0 Å². The molecule has 3 aromatic rings. The lowest BCUT2D eigenvalue weighted by atomic mass is 9.66. The van der Waals surface area contributed by atoms with Crippen molar-refractivity contribution in [1.82, 2.24) is 9.47 Å². The fraction of sp³-hybridized carbons (Fsp3) is 0.379. The first-order chi connectivity index (χ1) is 17.1. The highest BCUT2D eigenvalue weighted by Gasteiger charge is 2.51. The number of hydrogen-bond acceptors (Lipinski definition) is 5. The topological polar surface area (TPSA) is 60.8 Å². The first-order valence-electron chi connectivity index (χ1n) is 12.6. The number of rotatable bonds is 6. The van der Waals surface area contributed by atoms with Crippen molar-refractivity contribution in [2.24, 2.45) is 5.41 Å². The van der Waals surface area contributed by atoms with E-state index in [-0.39, 0.29) is 37.0 Å². The third-order valence-electron chi connectivity index (χ3n) is 8.02. The minimum absolute atomic E-state index is 0. The SMILES string of the molecule is CC[C@@]12C=C(C(=O)OCCOC(=O)c3ccccc3)n3c4c(c5ccccc53)CCN(CCC1)[C@@H]42.Cl. The summed E-state index contributed by atoms with van der Waals surface area (Å²) in [5.74, 6) is -0.780. The van der Waals surface area contributed by atoms with E-state index in [0.717, 1.165) is 44.3 Å². The maximum atomic E-state index is 13.5. The molecule has 2 aromatic carbocycles. The van der Waals surface area contributed by atoms with Crippen LogP contribution in [0.15, 0.2) is 60.7 Å². The van der Waals surface area contributed by atoms with E-state index in [1.54, 1.807) is 24.3 Å². The Morgan fingerprint density at radius 1 is 0.972 bits per heavy atom. The second kappa shape index (κ2) is 9.75. The molecule has 3 aliphatic heterocycles. The van der Waals surface area contributed by atoms with Crippen LogP contribution in [0.25, 0.3) is 16.6 Å². The van der Waals surface area contributed by atoms with Crippen molar-refractivity contribution in [3.63, 3.8) is 0 Å². The van der Waals surface area contributed by atoms with Crippen LogP contribution in [-0.4, -0.2) is 47.7 Å². The van der Waals surface area contributed by atoms with E-state index in [2.05, 4.69) is 40.7 Å². The molecule has 3 aliphatic rings. The van der Waals surface area contributed by atoms with Crippen LogP contribution >= 0.6 is 12.4 Å². The quantitative estimate of drug-likeness (QED) is 0.330. The molecule has 2 atom stereocenters. The molecule has 0 radical (unpaired) electrons. The van der Waals surface area contributed by atoms with Crippen LogP contribution < -0.4 is 0 Å². The van der Waals surface area contributed by atoms with Crippen LogP contribution in [0.5, 0.6) is 0 Å². The summed E-state index contributed by atoms with van der Waals surface area (Å²) in [6.45, 7) is 4.44. The molecule has 188 valence electrons. The Bertz CT molecular complexity index is 1330. The van der Waals surface area contributed by atoms with Gasteiger partial charge in [0.2, 0.25) is 0 Å². The van der Waals surface area contributed by atoms with E-state index in [0.29, 0.717) is 17.3 Å². The fourth-order valence-corrected chi connectivity index (χ4v) is 6.43. The van der Waals surface area contributed by atoms with E-state index >= 15 is 0 Å². The Kier molecular flexibility index (Phi) is 6.66. The summed E-state index contributed by atoms with van der Waals surface area (Å²) < 4.78 is 13.1. The highest BCUT2D eigenvalue weighted by molar-refractivity contribution is 6.13. The van der Waals surface area contributed by atoms with Crippen molar-refractivity contribution < 1.29 is 19.1 Å². The van der Waals surface area contributed by atoms with E-state index in [1.165, 1.54) is 16.6 Å². The molecule has 0 amide bonds. The summed E-state index contributed by atoms with van der Waals surface area (Å²) in [5.41, 5.74) is 4.70. The number of hydrogen-bond donors (Lipinski definition) is 0. The van der Waals surface area contributed by atoms with Gasteiger partial charge in [-0.25, -0.2) is 9.59 Å². The van der Waals surface area contributed by atoms with E-state index < -0.39 is 5.97 Å². The van der Waals surface area contributed by atoms with Gasteiger partial charge in [-0.1, -0.05) is 43.3 Å². The number of benzene rings is 2. The van der Waals surface area contributed by atoms with E-state index in [9.17, 15) is 9.59 Å². The third-order valence-corrected chi connectivity index (χ3v) is 8.02. The number of carbonyl (C=O) groups is 2. The molecule has 36 heavy (non-hydrogen) atoms. The Morgan fingerprint density at radius 3 is 2.47 bits per heavy atom. The number of carbonyl (C=O) groups excluding carboxylic acids is 2. The van der Waals surface area contributed by atoms with Gasteiger partial charge in [0.05, 0.1) is 17.1 Å². The minimum Gasteiger partial charge on any atom is -0.458 e. The van der Waals surface area contributed by atoms with Gasteiger partial charge < -0.3 is 14.0 Å². The van der Waals surface area contributed by atoms with Crippen molar-refractivity contribution in [2.45, 2.75) is 38.6 Å². The molecule has 6 nitrogen and oxygen atoms in total. The molecular weight excluding hydrogens is 476 g/mol. The van der Waals surface area contributed by atoms with Gasteiger partial charge in [0.25, 0.3) is 0 Å². The predicted molar refractivity (Wildman–Crippen MR) is 141 cm³/mol. The summed E-state index contributed by atoms with van der Waals surface area (Å²) in [4.78, 5) is 28.3. The maximum Gasteiger partial charge on any atom is 0.355 e. The van der Waals surface area contributed by atoms with E-state index in [1.807, 2.05) is 12.1 Å².